The molecule has 0 radical (unpaired) electrons. The average molecular weight is 506 g/mol. The molecule has 1 heterocycles. The Morgan fingerprint density at radius 1 is 0.909 bits per heavy atom. The molecule has 0 spiro atoms. The molecule has 0 aliphatic carbocycles. The lowest BCUT2D eigenvalue weighted by Gasteiger charge is -2.09. The van der Waals surface area contributed by atoms with E-state index in [9.17, 15) is 26.0 Å². The predicted molar refractivity (Wildman–Crippen MR) is 124 cm³/mol. The fraction of sp³-hybridized carbons (Fsp3) is 0.0476. The maximum atomic E-state index is 13.0. The Bertz CT molecular complexity index is 1560. The topological polar surface area (TPSA) is 122 Å². The summed E-state index contributed by atoms with van der Waals surface area (Å²) in [6.45, 7) is 0. The Hall–Kier alpha value is -3.35. The molecule has 3 aromatic carbocycles. The van der Waals surface area contributed by atoms with E-state index in [4.69, 9.17) is 0 Å². The van der Waals surface area contributed by atoms with Crippen LogP contribution < -0.4 is 10.0 Å². The Balaban J connectivity index is 1.48. The quantitative estimate of drug-likeness (QED) is 0.410. The van der Waals surface area contributed by atoms with Crippen molar-refractivity contribution in [3.63, 3.8) is 0 Å². The summed E-state index contributed by atoms with van der Waals surface area (Å²) < 4.78 is 64.2. The molecule has 1 aromatic heterocycles. The number of hydrogen-bond donors (Lipinski definition) is 2. The van der Waals surface area contributed by atoms with Gasteiger partial charge in [-0.3, -0.25) is 14.8 Å². The van der Waals surface area contributed by atoms with Crippen LogP contribution in [0, 0.1) is 5.82 Å². The van der Waals surface area contributed by atoms with Crippen molar-refractivity contribution in [2.24, 2.45) is 0 Å². The third-order valence-electron chi connectivity index (χ3n) is 4.53. The molecule has 170 valence electrons. The van der Waals surface area contributed by atoms with E-state index in [1.807, 2.05) is 0 Å². The normalized spacial score (nSPS) is 11.9. The monoisotopic (exact) mass is 505 g/mol. The average Bonchev–Trinajstić information content (AvgIpc) is 3.15. The van der Waals surface area contributed by atoms with Gasteiger partial charge in [0.25, 0.3) is 15.9 Å². The van der Waals surface area contributed by atoms with Gasteiger partial charge in [-0.15, -0.1) is 0 Å². The largest absolute Gasteiger partial charge is 0.298 e. The first-order valence-corrected chi connectivity index (χ1v) is 13.5. The highest BCUT2D eigenvalue weighted by Gasteiger charge is 2.16. The molecule has 0 saturated heterocycles. The second kappa shape index (κ2) is 8.54. The van der Waals surface area contributed by atoms with E-state index in [1.165, 1.54) is 36.4 Å². The maximum Gasteiger partial charge on any atom is 0.261 e. The summed E-state index contributed by atoms with van der Waals surface area (Å²) in [6, 6.07) is 14.6. The minimum atomic E-state index is -3.91. The number of nitrogens with zero attached hydrogens (tertiary/aromatic N) is 1. The molecule has 4 aromatic rings. The highest BCUT2D eigenvalue weighted by Crippen LogP contribution is 2.28. The lowest BCUT2D eigenvalue weighted by Crippen LogP contribution is -2.14. The standard InChI is InChI=1S/C21H16FN3O5S3/c1-32(27,28)17-10-11-18-19(12-17)31-21(23-18)24-20(26)13-2-6-15(7-3-13)25-33(29,30)16-8-4-14(22)5-9-16/h2-12,25H,1H3,(H,23,24,26). The van der Waals surface area contributed by atoms with Crippen LogP contribution in [-0.4, -0.2) is 34.0 Å². The fourth-order valence-corrected chi connectivity index (χ4v) is 5.56. The van der Waals surface area contributed by atoms with Crippen LogP contribution in [0.5, 0.6) is 0 Å². The van der Waals surface area contributed by atoms with Crippen LogP contribution in [0.4, 0.5) is 15.2 Å². The molecule has 0 atom stereocenters. The van der Waals surface area contributed by atoms with E-state index in [0.717, 1.165) is 41.9 Å². The number of aromatic nitrogens is 1. The highest BCUT2D eigenvalue weighted by molar-refractivity contribution is 7.92. The molecule has 4 rings (SSSR count). The number of halogens is 1. The first kappa shape index (κ1) is 22.8. The number of anilines is 2. The Morgan fingerprint density at radius 3 is 2.18 bits per heavy atom. The van der Waals surface area contributed by atoms with Crippen molar-refractivity contribution in [2.45, 2.75) is 9.79 Å². The first-order valence-electron chi connectivity index (χ1n) is 9.32. The molecule has 33 heavy (non-hydrogen) atoms. The van der Waals surface area contributed by atoms with Gasteiger partial charge < -0.3 is 0 Å². The summed E-state index contributed by atoms with van der Waals surface area (Å²) >= 11 is 1.13. The summed E-state index contributed by atoms with van der Waals surface area (Å²) in [7, 11) is -7.27. The van der Waals surface area contributed by atoms with Crippen LogP contribution in [0.1, 0.15) is 10.4 Å². The third-order valence-corrected chi connectivity index (χ3v) is 7.97. The molecule has 8 nitrogen and oxygen atoms in total. The van der Waals surface area contributed by atoms with Gasteiger partial charge in [-0.05, 0) is 66.7 Å². The molecule has 12 heteroatoms. The van der Waals surface area contributed by atoms with E-state index >= 15 is 0 Å². The van der Waals surface area contributed by atoms with Crippen LogP contribution in [0.2, 0.25) is 0 Å². The molecule has 2 N–H and O–H groups in total. The number of hydrogen-bond acceptors (Lipinski definition) is 7. The number of sulfonamides is 1. The zero-order chi connectivity index (χ0) is 23.8. The number of rotatable bonds is 6. The second-order valence-corrected chi connectivity index (χ2v) is 11.7. The zero-order valence-corrected chi connectivity index (χ0v) is 19.4. The van der Waals surface area contributed by atoms with Crippen molar-refractivity contribution in [3.8, 4) is 0 Å². The molecule has 0 bridgehead atoms. The van der Waals surface area contributed by atoms with Crippen LogP contribution in [0.15, 0.2) is 76.5 Å². The van der Waals surface area contributed by atoms with Crippen LogP contribution in [0.3, 0.4) is 0 Å². The van der Waals surface area contributed by atoms with E-state index in [1.54, 1.807) is 6.07 Å². The van der Waals surface area contributed by atoms with Crippen molar-refractivity contribution >= 4 is 58.1 Å². The van der Waals surface area contributed by atoms with E-state index in [2.05, 4.69) is 15.0 Å². The first-order chi connectivity index (χ1) is 15.5. The van der Waals surface area contributed by atoms with Crippen molar-refractivity contribution < 1.29 is 26.0 Å². The molecule has 1 amide bonds. The summed E-state index contributed by atoms with van der Waals surface area (Å²) in [5.41, 5.74) is 1.04. The van der Waals surface area contributed by atoms with Gasteiger partial charge in [0.15, 0.2) is 15.0 Å². The van der Waals surface area contributed by atoms with Gasteiger partial charge in [0.2, 0.25) is 0 Å². The van der Waals surface area contributed by atoms with Crippen molar-refractivity contribution in [1.82, 2.24) is 4.98 Å². The summed E-state index contributed by atoms with van der Waals surface area (Å²) in [4.78, 5) is 16.9. The van der Waals surface area contributed by atoms with Gasteiger partial charge in [0.1, 0.15) is 5.82 Å². The number of nitrogens with one attached hydrogen (secondary N) is 2. The minimum Gasteiger partial charge on any atom is -0.298 e. The number of carbonyl (C=O) groups excluding carboxylic acids is 1. The lowest BCUT2D eigenvalue weighted by atomic mass is 10.2. The van der Waals surface area contributed by atoms with Gasteiger partial charge in [-0.1, -0.05) is 11.3 Å². The van der Waals surface area contributed by atoms with Crippen molar-refractivity contribution in [2.75, 3.05) is 16.3 Å². The number of carbonyl (C=O) groups is 1. The van der Waals surface area contributed by atoms with Crippen molar-refractivity contribution in [1.29, 1.82) is 0 Å². The molecule has 0 fully saturated rings. The number of thiazole rings is 1. The maximum absolute atomic E-state index is 13.0. The van der Waals surface area contributed by atoms with Gasteiger partial charge in [-0.25, -0.2) is 26.2 Å². The molecular weight excluding hydrogens is 489 g/mol. The molecule has 0 unspecified atom stereocenters. The van der Waals surface area contributed by atoms with E-state index < -0.39 is 31.6 Å². The minimum absolute atomic E-state index is 0.0967. The predicted octanol–water partition coefficient (Wildman–Crippen LogP) is 3.89. The summed E-state index contributed by atoms with van der Waals surface area (Å²) in [5.74, 6) is -1.02. The highest BCUT2D eigenvalue weighted by atomic mass is 32.2. The Morgan fingerprint density at radius 2 is 1.55 bits per heavy atom. The van der Waals surface area contributed by atoms with E-state index in [0.29, 0.717) is 15.3 Å². The Kier molecular flexibility index (Phi) is 5.91. The third kappa shape index (κ3) is 5.18. The van der Waals surface area contributed by atoms with E-state index in [-0.39, 0.29) is 21.0 Å². The SMILES string of the molecule is CS(=O)(=O)c1ccc2nc(NC(=O)c3ccc(NS(=O)(=O)c4ccc(F)cc4)cc3)sc2c1. The van der Waals surface area contributed by atoms with Gasteiger partial charge >= 0.3 is 0 Å². The number of benzene rings is 3. The second-order valence-electron chi connectivity index (χ2n) is 7.01. The Labute approximate surface area is 193 Å². The fourth-order valence-electron chi connectivity index (χ4n) is 2.88. The summed E-state index contributed by atoms with van der Waals surface area (Å²) in [6.07, 6.45) is 1.11. The lowest BCUT2D eigenvalue weighted by molar-refractivity contribution is 0.102. The van der Waals surface area contributed by atoms with Crippen molar-refractivity contribution in [3.05, 3.63) is 78.1 Å². The number of sulfone groups is 1. The van der Waals surface area contributed by atoms with Crippen LogP contribution in [-0.2, 0) is 19.9 Å². The smallest absolute Gasteiger partial charge is 0.261 e. The van der Waals surface area contributed by atoms with Crippen LogP contribution in [0.25, 0.3) is 10.2 Å². The van der Waals surface area contributed by atoms with Gasteiger partial charge in [0, 0.05) is 17.5 Å². The molecule has 0 aliphatic rings. The van der Waals surface area contributed by atoms with Gasteiger partial charge in [-0.2, -0.15) is 0 Å². The molecule has 0 aliphatic heterocycles. The summed E-state index contributed by atoms with van der Waals surface area (Å²) in [5, 5.41) is 2.94. The van der Waals surface area contributed by atoms with Gasteiger partial charge in [0.05, 0.1) is 20.0 Å². The zero-order valence-electron chi connectivity index (χ0n) is 16.9. The van der Waals surface area contributed by atoms with Crippen LogP contribution >= 0.6 is 11.3 Å². The number of fused-ring (bicyclic) bond motifs is 1. The number of amides is 1. The molecule has 0 saturated carbocycles. The molecular formula is C21H16FN3O5S3.